The summed E-state index contributed by atoms with van der Waals surface area (Å²) in [5.74, 6) is 1.61. The van der Waals surface area contributed by atoms with Gasteiger partial charge in [-0.2, -0.15) is 5.10 Å². The molecular formula is C12H14Br2N4O. The van der Waals surface area contributed by atoms with Gasteiger partial charge >= 0.3 is 0 Å². The van der Waals surface area contributed by atoms with Gasteiger partial charge in [-0.05, 0) is 28.1 Å². The standard InChI is InChI=1S/C12H14Br2N4O/c1-18-7-16-11(17-18)6-15-5-8-3-9(13)4-10(14)12(8)19-2/h3-4,7,15H,5-6H2,1-2H3. The minimum absolute atomic E-state index is 0.619. The molecule has 2 aromatic rings. The number of nitrogens with one attached hydrogen (secondary N) is 1. The number of methoxy groups -OCH3 is 1. The maximum atomic E-state index is 5.39. The predicted molar refractivity (Wildman–Crippen MR) is 79.9 cm³/mol. The van der Waals surface area contributed by atoms with E-state index in [1.54, 1.807) is 18.1 Å². The van der Waals surface area contributed by atoms with Crippen LogP contribution in [0.25, 0.3) is 0 Å². The van der Waals surface area contributed by atoms with Gasteiger partial charge in [0.2, 0.25) is 0 Å². The number of hydrogen-bond acceptors (Lipinski definition) is 4. The van der Waals surface area contributed by atoms with Crippen LogP contribution < -0.4 is 10.1 Å². The Morgan fingerprint density at radius 2 is 2.11 bits per heavy atom. The number of benzene rings is 1. The smallest absolute Gasteiger partial charge is 0.164 e. The Balaban J connectivity index is 2.02. The van der Waals surface area contributed by atoms with Crippen LogP contribution in [0.1, 0.15) is 11.4 Å². The average molecular weight is 390 g/mol. The SMILES string of the molecule is COc1c(Br)cc(Br)cc1CNCc1ncn(C)n1. The molecule has 5 nitrogen and oxygen atoms in total. The summed E-state index contributed by atoms with van der Waals surface area (Å²) in [6, 6.07) is 3.99. The second-order valence-electron chi connectivity index (χ2n) is 4.02. The highest BCUT2D eigenvalue weighted by Gasteiger charge is 2.09. The number of aromatic nitrogens is 3. The monoisotopic (exact) mass is 388 g/mol. The lowest BCUT2D eigenvalue weighted by Gasteiger charge is -2.11. The van der Waals surface area contributed by atoms with Gasteiger partial charge < -0.3 is 10.1 Å². The van der Waals surface area contributed by atoms with Crippen molar-refractivity contribution in [3.8, 4) is 5.75 Å². The van der Waals surface area contributed by atoms with Gasteiger partial charge in [-0.1, -0.05) is 15.9 Å². The molecule has 0 unspecified atom stereocenters. The molecule has 0 aliphatic carbocycles. The van der Waals surface area contributed by atoms with E-state index in [1.807, 2.05) is 19.2 Å². The zero-order valence-corrected chi connectivity index (χ0v) is 13.8. The first-order valence-corrected chi connectivity index (χ1v) is 7.26. The molecule has 0 fully saturated rings. The molecule has 0 amide bonds. The van der Waals surface area contributed by atoms with Gasteiger partial charge in [0.25, 0.3) is 0 Å². The summed E-state index contributed by atoms with van der Waals surface area (Å²) in [6.45, 7) is 1.30. The van der Waals surface area contributed by atoms with Crippen molar-refractivity contribution in [1.82, 2.24) is 20.1 Å². The van der Waals surface area contributed by atoms with E-state index in [-0.39, 0.29) is 0 Å². The Labute approximate surface area is 128 Å². The topological polar surface area (TPSA) is 52.0 Å². The van der Waals surface area contributed by atoms with Crippen LogP contribution >= 0.6 is 31.9 Å². The maximum Gasteiger partial charge on any atom is 0.164 e. The Hall–Kier alpha value is -0.920. The molecule has 0 radical (unpaired) electrons. The van der Waals surface area contributed by atoms with Crippen molar-refractivity contribution in [2.75, 3.05) is 7.11 Å². The van der Waals surface area contributed by atoms with Crippen LogP contribution in [0.4, 0.5) is 0 Å². The van der Waals surface area contributed by atoms with Crippen molar-refractivity contribution in [2.24, 2.45) is 7.05 Å². The van der Waals surface area contributed by atoms with Crippen molar-refractivity contribution in [3.05, 3.63) is 38.8 Å². The summed E-state index contributed by atoms with van der Waals surface area (Å²) in [7, 11) is 3.52. The minimum Gasteiger partial charge on any atom is -0.495 e. The Kier molecular flexibility index (Phi) is 4.95. The first kappa shape index (κ1) is 14.5. The lowest BCUT2D eigenvalue weighted by Crippen LogP contribution is -2.14. The third kappa shape index (κ3) is 3.77. The third-order valence-electron chi connectivity index (χ3n) is 2.54. The largest absolute Gasteiger partial charge is 0.495 e. The molecule has 0 saturated carbocycles. The molecule has 7 heteroatoms. The van der Waals surface area contributed by atoms with E-state index in [4.69, 9.17) is 4.74 Å². The normalized spacial score (nSPS) is 10.7. The molecule has 2 rings (SSSR count). The van der Waals surface area contributed by atoms with Crippen molar-refractivity contribution in [3.63, 3.8) is 0 Å². The van der Waals surface area contributed by atoms with E-state index in [1.165, 1.54) is 0 Å². The lowest BCUT2D eigenvalue weighted by atomic mass is 10.2. The predicted octanol–water partition coefficient (Wildman–Crippen LogP) is 2.64. The number of halogens is 2. The van der Waals surface area contributed by atoms with E-state index < -0.39 is 0 Å². The molecular weight excluding hydrogens is 376 g/mol. The highest BCUT2D eigenvalue weighted by atomic mass is 79.9. The van der Waals surface area contributed by atoms with Gasteiger partial charge in [-0.3, -0.25) is 4.68 Å². The van der Waals surface area contributed by atoms with Crippen molar-refractivity contribution in [1.29, 1.82) is 0 Å². The fourth-order valence-electron chi connectivity index (χ4n) is 1.75. The third-order valence-corrected chi connectivity index (χ3v) is 3.58. The summed E-state index contributed by atoms with van der Waals surface area (Å²) >= 11 is 6.96. The van der Waals surface area contributed by atoms with Crippen molar-refractivity contribution < 1.29 is 4.74 Å². The molecule has 1 N–H and O–H groups in total. The molecule has 0 spiro atoms. The Morgan fingerprint density at radius 3 is 2.74 bits per heavy atom. The summed E-state index contributed by atoms with van der Waals surface area (Å²) < 4.78 is 9.02. The fraction of sp³-hybridized carbons (Fsp3) is 0.333. The first-order valence-electron chi connectivity index (χ1n) is 5.67. The zero-order chi connectivity index (χ0) is 13.8. The molecule has 19 heavy (non-hydrogen) atoms. The van der Waals surface area contributed by atoms with E-state index in [2.05, 4.69) is 47.3 Å². The summed E-state index contributed by atoms with van der Waals surface area (Å²) in [5, 5.41) is 7.51. The molecule has 0 atom stereocenters. The van der Waals surface area contributed by atoms with Crippen molar-refractivity contribution >= 4 is 31.9 Å². The van der Waals surface area contributed by atoms with Crippen LogP contribution in [0.15, 0.2) is 27.4 Å². The number of ether oxygens (including phenoxy) is 1. The zero-order valence-electron chi connectivity index (χ0n) is 10.7. The molecule has 1 aromatic carbocycles. The van der Waals surface area contributed by atoms with Gasteiger partial charge in [0, 0.05) is 23.6 Å². The first-order chi connectivity index (χ1) is 9.10. The van der Waals surface area contributed by atoms with Gasteiger partial charge in [-0.25, -0.2) is 4.98 Å². The Morgan fingerprint density at radius 1 is 1.32 bits per heavy atom. The number of nitrogens with zero attached hydrogens (tertiary/aromatic N) is 3. The number of hydrogen-bond donors (Lipinski definition) is 1. The van der Waals surface area contributed by atoms with Crippen LogP contribution in [-0.2, 0) is 20.1 Å². The maximum absolute atomic E-state index is 5.39. The molecule has 0 aliphatic rings. The van der Waals surface area contributed by atoms with Crippen LogP contribution in [-0.4, -0.2) is 21.9 Å². The van der Waals surface area contributed by atoms with Crippen LogP contribution in [0.2, 0.25) is 0 Å². The Bertz CT molecular complexity index is 571. The summed E-state index contributed by atoms with van der Waals surface area (Å²) in [6.07, 6.45) is 1.69. The summed E-state index contributed by atoms with van der Waals surface area (Å²) in [4.78, 5) is 4.16. The van der Waals surface area contributed by atoms with Gasteiger partial charge in [-0.15, -0.1) is 0 Å². The van der Waals surface area contributed by atoms with E-state index in [0.717, 1.165) is 26.1 Å². The van der Waals surface area contributed by atoms with E-state index in [0.29, 0.717) is 13.1 Å². The quantitative estimate of drug-likeness (QED) is 0.853. The second-order valence-corrected chi connectivity index (χ2v) is 5.79. The molecule has 1 aromatic heterocycles. The molecule has 1 heterocycles. The average Bonchev–Trinajstić information content (AvgIpc) is 2.74. The lowest BCUT2D eigenvalue weighted by molar-refractivity contribution is 0.404. The molecule has 0 bridgehead atoms. The van der Waals surface area contributed by atoms with Gasteiger partial charge in [0.05, 0.1) is 18.1 Å². The molecule has 0 saturated heterocycles. The van der Waals surface area contributed by atoms with Crippen molar-refractivity contribution in [2.45, 2.75) is 13.1 Å². The van der Waals surface area contributed by atoms with Crippen LogP contribution in [0.3, 0.4) is 0 Å². The highest BCUT2D eigenvalue weighted by Crippen LogP contribution is 2.32. The van der Waals surface area contributed by atoms with Crippen LogP contribution in [0.5, 0.6) is 5.75 Å². The number of rotatable bonds is 5. The van der Waals surface area contributed by atoms with E-state index >= 15 is 0 Å². The molecule has 0 aliphatic heterocycles. The van der Waals surface area contributed by atoms with Gasteiger partial charge in [0.15, 0.2) is 5.82 Å². The summed E-state index contributed by atoms with van der Waals surface area (Å²) in [5.41, 5.74) is 1.07. The minimum atomic E-state index is 0.619. The number of aryl methyl sites for hydroxylation is 1. The van der Waals surface area contributed by atoms with E-state index in [9.17, 15) is 0 Å². The highest BCUT2D eigenvalue weighted by molar-refractivity contribution is 9.11. The van der Waals surface area contributed by atoms with Crippen LogP contribution in [0, 0.1) is 0 Å². The second kappa shape index (κ2) is 6.49. The fourth-order valence-corrected chi connectivity index (χ4v) is 3.22. The van der Waals surface area contributed by atoms with Gasteiger partial charge in [0.1, 0.15) is 12.1 Å². The molecule has 102 valence electrons.